The van der Waals surface area contributed by atoms with Gasteiger partial charge in [0, 0.05) is 11.9 Å². The van der Waals surface area contributed by atoms with Crippen molar-refractivity contribution < 1.29 is 12.6 Å². The van der Waals surface area contributed by atoms with Crippen LogP contribution in [0.3, 0.4) is 0 Å². The smallest absolute Gasteiger partial charge is 0.339 e. The minimum atomic E-state index is -4.13. The van der Waals surface area contributed by atoms with Gasteiger partial charge >= 0.3 is 10.1 Å². The summed E-state index contributed by atoms with van der Waals surface area (Å²) in [5.74, 6) is 0.0896. The molecule has 0 saturated carbocycles. The number of hydrogen-bond donors (Lipinski definition) is 0. The molecule has 1 aliphatic rings. The van der Waals surface area contributed by atoms with Crippen LogP contribution in [0.5, 0.6) is 5.75 Å². The Bertz CT molecular complexity index is 1450. The van der Waals surface area contributed by atoms with Crippen LogP contribution in [0.1, 0.15) is 17.5 Å². The van der Waals surface area contributed by atoms with Crippen molar-refractivity contribution in [2.24, 2.45) is 0 Å². The van der Waals surface area contributed by atoms with Crippen LogP contribution in [0.4, 0.5) is 0 Å². The van der Waals surface area contributed by atoms with Crippen molar-refractivity contribution >= 4 is 21.0 Å². The summed E-state index contributed by atoms with van der Waals surface area (Å²) < 4.78 is 33.8. The minimum absolute atomic E-state index is 0.0534. The Morgan fingerprint density at radius 2 is 1.65 bits per heavy atom. The highest BCUT2D eigenvalue weighted by Gasteiger charge is 2.27. The van der Waals surface area contributed by atoms with E-state index in [9.17, 15) is 13.2 Å². The molecule has 0 radical (unpaired) electrons. The van der Waals surface area contributed by atoms with Crippen molar-refractivity contribution in [1.29, 1.82) is 0 Å². The molecule has 4 aromatic rings. The predicted octanol–water partition coefficient (Wildman–Crippen LogP) is 4.69. The van der Waals surface area contributed by atoms with Gasteiger partial charge in [-0.2, -0.15) is 8.42 Å². The highest BCUT2D eigenvalue weighted by Crippen LogP contribution is 2.38. The zero-order valence-corrected chi connectivity index (χ0v) is 17.9. The van der Waals surface area contributed by atoms with Gasteiger partial charge in [-0.15, -0.1) is 0 Å². The second-order valence-corrected chi connectivity index (χ2v) is 9.34. The number of nitrogens with zero attached hydrogens (tertiary/aromatic N) is 1. The summed E-state index contributed by atoms with van der Waals surface area (Å²) in [5.41, 5.74) is 3.39. The van der Waals surface area contributed by atoms with Gasteiger partial charge in [-0.05, 0) is 49.1 Å². The fraction of sp³-hybridized carbons (Fsp3) is 0.160. The summed E-state index contributed by atoms with van der Waals surface area (Å²) in [5, 5.41) is 0.631. The molecule has 0 fully saturated rings. The summed E-state index contributed by atoms with van der Waals surface area (Å²) in [6.07, 6.45) is 1.70. The molecular weight excluding hydrogens is 410 g/mol. The fourth-order valence-electron chi connectivity index (χ4n) is 4.21. The molecule has 3 aromatic carbocycles. The monoisotopic (exact) mass is 431 g/mol. The summed E-state index contributed by atoms with van der Waals surface area (Å²) in [4.78, 5) is 13.6. The van der Waals surface area contributed by atoms with Gasteiger partial charge in [0.15, 0.2) is 5.75 Å². The molecule has 1 aromatic heterocycles. The van der Waals surface area contributed by atoms with Crippen LogP contribution < -0.4 is 9.74 Å². The van der Waals surface area contributed by atoms with Crippen molar-refractivity contribution in [2.75, 3.05) is 0 Å². The van der Waals surface area contributed by atoms with E-state index in [1.54, 1.807) is 28.8 Å². The maximum absolute atomic E-state index is 13.6. The standard InChI is InChI=1S/C25H21NO4S/c1-17-12-14-20(15-13-17)31(28,29)30-24-21-11-5-9-19-10-6-16-26(23(19)21)25(27)22(24)18-7-3-2-4-8-18/h2-5,7-9,11-15H,6,10,16H2,1H3. The Labute approximate surface area is 180 Å². The molecular formula is C25H21NO4S. The van der Waals surface area contributed by atoms with Gasteiger partial charge in [0.05, 0.1) is 11.1 Å². The second-order valence-electron chi connectivity index (χ2n) is 7.79. The van der Waals surface area contributed by atoms with Gasteiger partial charge < -0.3 is 8.75 Å². The first kappa shape index (κ1) is 19.6. The number of hydrogen-bond acceptors (Lipinski definition) is 4. The van der Waals surface area contributed by atoms with Crippen LogP contribution in [-0.4, -0.2) is 13.0 Å². The lowest BCUT2D eigenvalue weighted by Gasteiger charge is -2.23. The third kappa shape index (κ3) is 3.33. The molecule has 156 valence electrons. The predicted molar refractivity (Wildman–Crippen MR) is 121 cm³/mol. The van der Waals surface area contributed by atoms with Crippen LogP contribution in [0.2, 0.25) is 0 Å². The van der Waals surface area contributed by atoms with Crippen LogP contribution >= 0.6 is 0 Å². The lowest BCUT2D eigenvalue weighted by atomic mass is 9.97. The molecule has 31 heavy (non-hydrogen) atoms. The van der Waals surface area contributed by atoms with E-state index in [0.717, 1.165) is 29.5 Å². The fourth-order valence-corrected chi connectivity index (χ4v) is 5.17. The van der Waals surface area contributed by atoms with Gasteiger partial charge in [-0.1, -0.05) is 60.2 Å². The Morgan fingerprint density at radius 1 is 0.903 bits per heavy atom. The van der Waals surface area contributed by atoms with Crippen LogP contribution in [0, 0.1) is 6.92 Å². The topological polar surface area (TPSA) is 65.4 Å². The normalized spacial score (nSPS) is 13.3. The SMILES string of the molecule is Cc1ccc(S(=O)(=O)Oc2c(-c3ccccc3)c(=O)n3c4c(cccc24)CCC3)cc1. The molecule has 0 bridgehead atoms. The highest BCUT2D eigenvalue weighted by molar-refractivity contribution is 7.87. The quantitative estimate of drug-likeness (QED) is 0.440. The number of aryl methyl sites for hydroxylation is 3. The van der Waals surface area contributed by atoms with Crippen LogP contribution in [-0.2, 0) is 23.1 Å². The molecule has 0 aliphatic carbocycles. The van der Waals surface area contributed by atoms with Crippen LogP contribution in [0.25, 0.3) is 22.0 Å². The number of pyridine rings is 1. The molecule has 0 saturated heterocycles. The lowest BCUT2D eigenvalue weighted by molar-refractivity contribution is 0.487. The lowest BCUT2D eigenvalue weighted by Crippen LogP contribution is -2.27. The molecule has 5 rings (SSSR count). The first-order valence-electron chi connectivity index (χ1n) is 10.2. The number of para-hydroxylation sites is 1. The zero-order chi connectivity index (χ0) is 21.6. The summed E-state index contributed by atoms with van der Waals surface area (Å²) >= 11 is 0. The Morgan fingerprint density at radius 3 is 2.39 bits per heavy atom. The number of rotatable bonds is 4. The summed E-state index contributed by atoms with van der Waals surface area (Å²) in [6, 6.07) is 21.3. The molecule has 0 N–H and O–H groups in total. The number of benzene rings is 3. The summed E-state index contributed by atoms with van der Waals surface area (Å²) in [6.45, 7) is 2.48. The number of aromatic nitrogens is 1. The van der Waals surface area contributed by atoms with Crippen LogP contribution in [0.15, 0.2) is 82.5 Å². The molecule has 6 heteroatoms. The van der Waals surface area contributed by atoms with Gasteiger partial charge in [0.2, 0.25) is 0 Å². The van der Waals surface area contributed by atoms with Crippen molar-refractivity contribution in [2.45, 2.75) is 31.2 Å². The third-order valence-corrected chi connectivity index (χ3v) is 6.95. The van der Waals surface area contributed by atoms with E-state index >= 15 is 0 Å². The first-order valence-corrected chi connectivity index (χ1v) is 11.6. The molecule has 0 amide bonds. The first-order chi connectivity index (χ1) is 15.0. The van der Waals surface area contributed by atoms with Crippen molar-refractivity contribution in [1.82, 2.24) is 4.57 Å². The highest BCUT2D eigenvalue weighted by atomic mass is 32.2. The third-order valence-electron chi connectivity index (χ3n) is 5.71. The molecule has 5 nitrogen and oxygen atoms in total. The van der Waals surface area contributed by atoms with Gasteiger partial charge in [0.25, 0.3) is 5.56 Å². The van der Waals surface area contributed by atoms with Gasteiger partial charge in [0.1, 0.15) is 4.90 Å². The van der Waals surface area contributed by atoms with Crippen molar-refractivity contribution in [3.05, 3.63) is 94.3 Å². The van der Waals surface area contributed by atoms with E-state index in [0.29, 0.717) is 17.5 Å². The molecule has 0 atom stereocenters. The maximum atomic E-state index is 13.6. The Balaban J connectivity index is 1.82. The maximum Gasteiger partial charge on any atom is 0.339 e. The van der Waals surface area contributed by atoms with E-state index in [1.165, 1.54) is 12.1 Å². The van der Waals surface area contributed by atoms with Gasteiger partial charge in [-0.25, -0.2) is 0 Å². The molecule has 0 unspecified atom stereocenters. The Hall–Kier alpha value is -3.38. The molecule has 0 spiro atoms. The Kier molecular flexibility index (Phi) is 4.67. The van der Waals surface area contributed by atoms with E-state index in [1.807, 2.05) is 43.3 Å². The summed E-state index contributed by atoms with van der Waals surface area (Å²) in [7, 11) is -4.13. The second kappa shape index (κ2) is 7.39. The van der Waals surface area contributed by atoms with E-state index in [4.69, 9.17) is 4.18 Å². The zero-order valence-electron chi connectivity index (χ0n) is 17.0. The molecule has 2 heterocycles. The van der Waals surface area contributed by atoms with Gasteiger partial charge in [-0.3, -0.25) is 4.79 Å². The van der Waals surface area contributed by atoms with E-state index in [2.05, 4.69) is 0 Å². The minimum Gasteiger partial charge on any atom is -0.377 e. The average molecular weight is 432 g/mol. The molecule has 1 aliphatic heterocycles. The van der Waals surface area contributed by atoms with Crippen molar-refractivity contribution in [3.8, 4) is 16.9 Å². The van der Waals surface area contributed by atoms with Crippen molar-refractivity contribution in [3.63, 3.8) is 0 Å². The average Bonchev–Trinajstić information content (AvgIpc) is 2.78. The van der Waals surface area contributed by atoms with E-state index < -0.39 is 10.1 Å². The van der Waals surface area contributed by atoms with E-state index in [-0.39, 0.29) is 21.8 Å². The largest absolute Gasteiger partial charge is 0.377 e.